The molecule has 2 heterocycles. The highest BCUT2D eigenvalue weighted by Crippen LogP contribution is 2.36. The number of benzene rings is 2. The van der Waals surface area contributed by atoms with E-state index in [0.29, 0.717) is 31.3 Å². The van der Waals surface area contributed by atoms with Crippen LogP contribution in [0.1, 0.15) is 54.9 Å². The predicted octanol–water partition coefficient (Wildman–Crippen LogP) is 4.63. The third-order valence-corrected chi connectivity index (χ3v) is 6.87. The second-order valence-electron chi connectivity index (χ2n) is 9.46. The molecule has 2 N–H and O–H groups in total. The summed E-state index contributed by atoms with van der Waals surface area (Å²) in [6, 6.07) is 12.0. The van der Waals surface area contributed by atoms with Crippen molar-refractivity contribution < 1.29 is 14.3 Å². The molecule has 0 radical (unpaired) electrons. The number of ether oxygens (including phenoxy) is 1. The van der Waals surface area contributed by atoms with E-state index in [0.717, 1.165) is 64.6 Å². The summed E-state index contributed by atoms with van der Waals surface area (Å²) in [6.07, 6.45) is 4.27. The minimum absolute atomic E-state index is 0.00819. The number of carbonyl (C=O) groups is 2. The number of fused-ring (bicyclic) bond motifs is 4. The van der Waals surface area contributed by atoms with Crippen LogP contribution in [-0.2, 0) is 35.5 Å². The number of pyridine rings is 1. The van der Waals surface area contributed by atoms with Crippen LogP contribution < -0.4 is 16.2 Å². The highest BCUT2D eigenvalue weighted by molar-refractivity contribution is 5.92. The molecule has 0 spiro atoms. The maximum atomic E-state index is 13.5. The standard InChI is InChI=1S/C29H35N3O4/c1-4-5-6-14-31-29(35)36-18-20-8-9-21-13-15-32-27(24(21)17-20)23(11-12-26(33)30-3)22-10-7-19(2)16-25(22)28(32)34/h7-10,16-17H,4-6,11-15,18H2,1-3H3,(H,30,33)(H,31,35). The van der Waals surface area contributed by atoms with Crippen molar-refractivity contribution in [3.05, 3.63) is 69.0 Å². The van der Waals surface area contributed by atoms with Gasteiger partial charge in [-0.2, -0.15) is 0 Å². The third kappa shape index (κ3) is 5.45. The number of unbranched alkanes of at least 4 members (excludes halogenated alkanes) is 2. The van der Waals surface area contributed by atoms with Crippen LogP contribution >= 0.6 is 0 Å². The van der Waals surface area contributed by atoms with Crippen LogP contribution in [0, 0.1) is 6.92 Å². The van der Waals surface area contributed by atoms with Crippen molar-refractivity contribution in [1.82, 2.24) is 15.2 Å². The number of rotatable bonds is 9. The molecule has 1 aromatic heterocycles. The third-order valence-electron chi connectivity index (χ3n) is 6.87. The maximum Gasteiger partial charge on any atom is 0.407 e. The molecule has 0 saturated heterocycles. The number of nitrogens with zero attached hydrogens (tertiary/aromatic N) is 1. The molecule has 0 saturated carbocycles. The van der Waals surface area contributed by atoms with E-state index in [1.807, 2.05) is 41.8 Å². The predicted molar refractivity (Wildman–Crippen MR) is 142 cm³/mol. The maximum absolute atomic E-state index is 13.5. The number of hydrogen-bond acceptors (Lipinski definition) is 4. The summed E-state index contributed by atoms with van der Waals surface area (Å²) in [4.78, 5) is 37.8. The lowest BCUT2D eigenvalue weighted by Gasteiger charge is -2.26. The van der Waals surface area contributed by atoms with E-state index in [9.17, 15) is 14.4 Å². The fourth-order valence-electron chi connectivity index (χ4n) is 4.92. The van der Waals surface area contributed by atoms with Crippen LogP contribution in [-0.4, -0.2) is 30.2 Å². The van der Waals surface area contributed by atoms with Crippen LogP contribution in [0.4, 0.5) is 4.79 Å². The first-order valence-corrected chi connectivity index (χ1v) is 12.8. The molecular formula is C29H35N3O4. The Morgan fingerprint density at radius 2 is 1.92 bits per heavy atom. The number of carbonyl (C=O) groups excluding carboxylic acids is 2. The van der Waals surface area contributed by atoms with E-state index in [1.165, 1.54) is 0 Å². The second-order valence-corrected chi connectivity index (χ2v) is 9.46. The summed E-state index contributed by atoms with van der Waals surface area (Å²) >= 11 is 0. The average molecular weight is 490 g/mol. The van der Waals surface area contributed by atoms with Crippen molar-refractivity contribution in [2.24, 2.45) is 0 Å². The fraction of sp³-hybridized carbons (Fsp3) is 0.414. The molecule has 7 nitrogen and oxygen atoms in total. The highest BCUT2D eigenvalue weighted by atomic mass is 16.5. The molecule has 0 aliphatic carbocycles. The van der Waals surface area contributed by atoms with Gasteiger partial charge in [-0.15, -0.1) is 0 Å². The quantitative estimate of drug-likeness (QED) is 0.429. The van der Waals surface area contributed by atoms with Crippen molar-refractivity contribution in [1.29, 1.82) is 0 Å². The Balaban J connectivity index is 1.70. The zero-order chi connectivity index (χ0) is 25.7. The van der Waals surface area contributed by atoms with Gasteiger partial charge in [-0.05, 0) is 60.4 Å². The molecule has 2 amide bonds. The smallest absolute Gasteiger partial charge is 0.407 e. The monoisotopic (exact) mass is 489 g/mol. The topological polar surface area (TPSA) is 89.4 Å². The van der Waals surface area contributed by atoms with Gasteiger partial charge in [0.2, 0.25) is 5.91 Å². The van der Waals surface area contributed by atoms with E-state index in [1.54, 1.807) is 7.05 Å². The SMILES string of the molecule is CCCCCNC(=O)OCc1ccc2c(c1)-c1c(CCC(=O)NC)c3ccc(C)cc3c(=O)n1CC2. The van der Waals surface area contributed by atoms with Gasteiger partial charge in [0.05, 0.1) is 5.69 Å². The van der Waals surface area contributed by atoms with Gasteiger partial charge in [0.25, 0.3) is 5.56 Å². The van der Waals surface area contributed by atoms with Crippen molar-refractivity contribution >= 4 is 22.8 Å². The van der Waals surface area contributed by atoms with Crippen molar-refractivity contribution in [3.63, 3.8) is 0 Å². The molecule has 7 heteroatoms. The Kier molecular flexibility index (Phi) is 8.08. The van der Waals surface area contributed by atoms with Crippen molar-refractivity contribution in [3.8, 4) is 11.3 Å². The fourth-order valence-corrected chi connectivity index (χ4v) is 4.92. The Hall–Kier alpha value is -3.61. The Bertz CT molecular complexity index is 1340. The van der Waals surface area contributed by atoms with Crippen LogP contribution in [0.3, 0.4) is 0 Å². The van der Waals surface area contributed by atoms with Gasteiger partial charge in [0.15, 0.2) is 0 Å². The molecule has 1 aliphatic rings. The first kappa shape index (κ1) is 25.5. The normalized spacial score (nSPS) is 12.1. The van der Waals surface area contributed by atoms with Crippen LogP contribution in [0.2, 0.25) is 0 Å². The average Bonchev–Trinajstić information content (AvgIpc) is 2.89. The highest BCUT2D eigenvalue weighted by Gasteiger charge is 2.24. The summed E-state index contributed by atoms with van der Waals surface area (Å²) in [5, 5.41) is 7.07. The number of amides is 2. The minimum Gasteiger partial charge on any atom is -0.445 e. The van der Waals surface area contributed by atoms with Crippen molar-refractivity contribution in [2.75, 3.05) is 13.6 Å². The lowest BCUT2D eigenvalue weighted by atomic mass is 9.88. The summed E-state index contributed by atoms with van der Waals surface area (Å²) in [7, 11) is 1.64. The number of nitrogens with one attached hydrogen (secondary N) is 2. The summed E-state index contributed by atoms with van der Waals surface area (Å²) in [5.41, 5.74) is 5.87. The van der Waals surface area contributed by atoms with Gasteiger partial charge < -0.3 is 19.9 Å². The molecule has 3 aromatic rings. The molecule has 0 bridgehead atoms. The largest absolute Gasteiger partial charge is 0.445 e. The Labute approximate surface area is 211 Å². The zero-order valence-electron chi connectivity index (χ0n) is 21.4. The molecule has 0 fully saturated rings. The first-order valence-electron chi connectivity index (χ1n) is 12.8. The summed E-state index contributed by atoms with van der Waals surface area (Å²) in [5.74, 6) is -0.0386. The van der Waals surface area contributed by atoms with Gasteiger partial charge in [0, 0.05) is 37.5 Å². The van der Waals surface area contributed by atoms with E-state index in [2.05, 4.69) is 23.6 Å². The van der Waals surface area contributed by atoms with Crippen LogP contribution in [0.5, 0.6) is 0 Å². The Morgan fingerprint density at radius 1 is 1.08 bits per heavy atom. The first-order chi connectivity index (χ1) is 17.4. The lowest BCUT2D eigenvalue weighted by Crippen LogP contribution is -2.28. The Morgan fingerprint density at radius 3 is 2.69 bits per heavy atom. The van der Waals surface area contributed by atoms with E-state index in [4.69, 9.17) is 4.74 Å². The number of hydrogen-bond donors (Lipinski definition) is 2. The van der Waals surface area contributed by atoms with Gasteiger partial charge in [-0.3, -0.25) is 9.59 Å². The molecule has 190 valence electrons. The number of aryl methyl sites for hydroxylation is 3. The van der Waals surface area contributed by atoms with Gasteiger partial charge in [-0.1, -0.05) is 49.6 Å². The summed E-state index contributed by atoms with van der Waals surface area (Å²) < 4.78 is 7.30. The lowest BCUT2D eigenvalue weighted by molar-refractivity contribution is -0.120. The molecule has 36 heavy (non-hydrogen) atoms. The van der Waals surface area contributed by atoms with E-state index < -0.39 is 6.09 Å². The zero-order valence-corrected chi connectivity index (χ0v) is 21.4. The van der Waals surface area contributed by atoms with Gasteiger partial charge in [-0.25, -0.2) is 4.79 Å². The molecule has 4 rings (SSSR count). The van der Waals surface area contributed by atoms with E-state index in [-0.39, 0.29) is 18.1 Å². The van der Waals surface area contributed by atoms with Gasteiger partial charge in [0.1, 0.15) is 6.61 Å². The van der Waals surface area contributed by atoms with Crippen LogP contribution in [0.25, 0.3) is 22.0 Å². The molecule has 0 atom stereocenters. The second kappa shape index (κ2) is 11.4. The van der Waals surface area contributed by atoms with Crippen molar-refractivity contribution in [2.45, 2.75) is 65.5 Å². The molecular weight excluding hydrogens is 454 g/mol. The number of alkyl carbamates (subject to hydrolysis) is 1. The van der Waals surface area contributed by atoms with Crippen LogP contribution in [0.15, 0.2) is 41.2 Å². The molecule has 2 aromatic carbocycles. The number of aromatic nitrogens is 1. The molecule has 0 unspecified atom stereocenters. The van der Waals surface area contributed by atoms with Gasteiger partial charge >= 0.3 is 6.09 Å². The minimum atomic E-state index is -0.423. The summed E-state index contributed by atoms with van der Waals surface area (Å²) in [6.45, 7) is 5.45. The van der Waals surface area contributed by atoms with E-state index >= 15 is 0 Å². The molecule has 1 aliphatic heterocycles.